The molecule has 5 rings (SSSR count). The van der Waals surface area contributed by atoms with Gasteiger partial charge in [0.2, 0.25) is 11.8 Å². The number of methoxy groups -OCH3 is 1. The Balaban J connectivity index is 1.63. The van der Waals surface area contributed by atoms with Crippen LogP contribution in [0.1, 0.15) is 35.6 Å². The number of aryl methyl sites for hydroxylation is 1. The minimum atomic E-state index is -0.959. The molecule has 2 N–H and O–H groups in total. The lowest BCUT2D eigenvalue weighted by atomic mass is 9.67. The Bertz CT molecular complexity index is 1260. The van der Waals surface area contributed by atoms with Crippen LogP contribution in [-0.2, 0) is 15.0 Å². The van der Waals surface area contributed by atoms with Gasteiger partial charge in [0.25, 0.3) is 0 Å². The van der Waals surface area contributed by atoms with Crippen molar-refractivity contribution in [2.24, 2.45) is 0 Å². The molecule has 168 valence electrons. The molecule has 1 spiro atoms. The van der Waals surface area contributed by atoms with Gasteiger partial charge >= 0.3 is 0 Å². The molecule has 2 heterocycles. The van der Waals surface area contributed by atoms with Crippen LogP contribution in [0.2, 0.25) is 5.02 Å². The topological polar surface area (TPSA) is 76.7 Å². The maximum atomic E-state index is 13.5. The second-order valence-electron chi connectivity index (χ2n) is 8.43. The summed E-state index contributed by atoms with van der Waals surface area (Å²) in [7, 11) is 1.61. The summed E-state index contributed by atoms with van der Waals surface area (Å²) in [5.74, 6) is 1.68. The van der Waals surface area contributed by atoms with E-state index in [1.807, 2.05) is 55.5 Å². The standard InChI is InChI=1S/C26H23ClN2O4/c1-15-3-10-22(33-18-7-5-17(32-2)6-8-18)19(13-15)24-26(12-11-23(30)29-24)20-9-4-16(27)14-21(20)28-25(26)31/h3-10,13-14,24H,11-12H2,1-2H3,(H,28,31)(H,29,30)/t24-,26-/m1/s1. The van der Waals surface area contributed by atoms with E-state index in [-0.39, 0.29) is 18.2 Å². The summed E-state index contributed by atoms with van der Waals surface area (Å²) in [5.41, 5.74) is 2.30. The summed E-state index contributed by atoms with van der Waals surface area (Å²) >= 11 is 6.18. The maximum absolute atomic E-state index is 13.5. The monoisotopic (exact) mass is 462 g/mol. The first-order valence-corrected chi connectivity index (χ1v) is 11.1. The van der Waals surface area contributed by atoms with Crippen LogP contribution in [0.25, 0.3) is 0 Å². The summed E-state index contributed by atoms with van der Waals surface area (Å²) in [6.07, 6.45) is 0.645. The van der Waals surface area contributed by atoms with Gasteiger partial charge in [-0.3, -0.25) is 9.59 Å². The highest BCUT2D eigenvalue weighted by atomic mass is 35.5. The Kier molecular flexibility index (Phi) is 5.25. The summed E-state index contributed by atoms with van der Waals surface area (Å²) in [6.45, 7) is 1.97. The van der Waals surface area contributed by atoms with Gasteiger partial charge in [-0.05, 0) is 61.4 Å². The number of amides is 2. The van der Waals surface area contributed by atoms with E-state index in [2.05, 4.69) is 10.6 Å². The number of piperidine rings is 1. The molecule has 0 aromatic heterocycles. The number of fused-ring (bicyclic) bond motifs is 2. The fraction of sp³-hybridized carbons (Fsp3) is 0.231. The predicted octanol–water partition coefficient (Wildman–Crippen LogP) is 5.29. The van der Waals surface area contributed by atoms with E-state index < -0.39 is 11.5 Å². The molecule has 0 aliphatic carbocycles. The summed E-state index contributed by atoms with van der Waals surface area (Å²) in [5, 5.41) is 6.61. The fourth-order valence-electron chi connectivity index (χ4n) is 4.81. The Labute approximate surface area is 196 Å². The minimum Gasteiger partial charge on any atom is -0.497 e. The number of carbonyl (C=O) groups is 2. The Morgan fingerprint density at radius 1 is 1.00 bits per heavy atom. The third-order valence-electron chi connectivity index (χ3n) is 6.42. The van der Waals surface area contributed by atoms with E-state index in [9.17, 15) is 9.59 Å². The van der Waals surface area contributed by atoms with Crippen molar-refractivity contribution in [2.45, 2.75) is 31.2 Å². The highest BCUT2D eigenvalue weighted by Gasteiger charge is 2.56. The molecule has 2 aliphatic heterocycles. The van der Waals surface area contributed by atoms with Gasteiger partial charge in [0.05, 0.1) is 13.2 Å². The summed E-state index contributed by atoms with van der Waals surface area (Å²) in [6, 6.07) is 17.9. The molecule has 0 radical (unpaired) electrons. The van der Waals surface area contributed by atoms with Gasteiger partial charge in [0, 0.05) is 22.7 Å². The van der Waals surface area contributed by atoms with Gasteiger partial charge in [-0.15, -0.1) is 0 Å². The normalized spacial score (nSPS) is 21.4. The number of hydrogen-bond acceptors (Lipinski definition) is 4. The van der Waals surface area contributed by atoms with E-state index in [1.165, 1.54) is 0 Å². The molecular formula is C26H23ClN2O4. The quantitative estimate of drug-likeness (QED) is 0.552. The minimum absolute atomic E-state index is 0.0993. The summed E-state index contributed by atoms with van der Waals surface area (Å²) in [4.78, 5) is 26.0. The van der Waals surface area contributed by atoms with Crippen LogP contribution in [0.3, 0.4) is 0 Å². The molecule has 0 saturated carbocycles. The highest BCUT2D eigenvalue weighted by molar-refractivity contribution is 6.31. The Morgan fingerprint density at radius 2 is 1.76 bits per heavy atom. The van der Waals surface area contributed by atoms with Crippen molar-refractivity contribution in [3.05, 3.63) is 82.4 Å². The molecular weight excluding hydrogens is 440 g/mol. The van der Waals surface area contributed by atoms with E-state index in [0.717, 1.165) is 22.4 Å². The summed E-state index contributed by atoms with van der Waals surface area (Å²) < 4.78 is 11.5. The van der Waals surface area contributed by atoms with E-state index in [1.54, 1.807) is 19.2 Å². The van der Waals surface area contributed by atoms with Crippen molar-refractivity contribution >= 4 is 29.1 Å². The number of halogens is 1. The zero-order chi connectivity index (χ0) is 23.2. The molecule has 6 nitrogen and oxygen atoms in total. The number of ether oxygens (including phenoxy) is 2. The van der Waals surface area contributed by atoms with Gasteiger partial charge in [-0.2, -0.15) is 0 Å². The second kappa shape index (κ2) is 8.12. The van der Waals surface area contributed by atoms with Crippen LogP contribution in [0, 0.1) is 6.92 Å². The van der Waals surface area contributed by atoms with Gasteiger partial charge in [0.1, 0.15) is 22.7 Å². The number of benzene rings is 3. The number of anilines is 1. The first kappa shape index (κ1) is 21.3. The lowest BCUT2D eigenvalue weighted by molar-refractivity contribution is -0.130. The van der Waals surface area contributed by atoms with E-state index >= 15 is 0 Å². The van der Waals surface area contributed by atoms with Crippen molar-refractivity contribution < 1.29 is 19.1 Å². The van der Waals surface area contributed by atoms with Crippen LogP contribution in [0.15, 0.2) is 60.7 Å². The zero-order valence-corrected chi connectivity index (χ0v) is 19.0. The molecule has 7 heteroatoms. The zero-order valence-electron chi connectivity index (χ0n) is 18.3. The van der Waals surface area contributed by atoms with Crippen LogP contribution < -0.4 is 20.1 Å². The van der Waals surface area contributed by atoms with Gasteiger partial charge in [-0.1, -0.05) is 35.4 Å². The van der Waals surface area contributed by atoms with Gasteiger partial charge in [0.15, 0.2) is 0 Å². The average molecular weight is 463 g/mol. The van der Waals surface area contributed by atoms with Crippen LogP contribution in [0.5, 0.6) is 17.2 Å². The van der Waals surface area contributed by atoms with Crippen LogP contribution >= 0.6 is 11.6 Å². The van der Waals surface area contributed by atoms with Gasteiger partial charge in [-0.25, -0.2) is 0 Å². The maximum Gasteiger partial charge on any atom is 0.237 e. The molecule has 2 aliphatic rings. The third kappa shape index (κ3) is 3.60. The molecule has 3 aromatic carbocycles. The highest BCUT2D eigenvalue weighted by Crippen LogP contribution is 2.53. The van der Waals surface area contributed by atoms with E-state index in [0.29, 0.717) is 28.6 Å². The number of nitrogens with one attached hydrogen (secondary N) is 2. The molecule has 1 fully saturated rings. The van der Waals surface area contributed by atoms with E-state index in [4.69, 9.17) is 21.1 Å². The number of carbonyl (C=O) groups excluding carboxylic acids is 2. The molecule has 0 bridgehead atoms. The number of rotatable bonds is 4. The first-order valence-electron chi connectivity index (χ1n) is 10.7. The van der Waals surface area contributed by atoms with Gasteiger partial charge < -0.3 is 20.1 Å². The van der Waals surface area contributed by atoms with Crippen molar-refractivity contribution in [1.29, 1.82) is 0 Å². The molecule has 3 aromatic rings. The lowest BCUT2D eigenvalue weighted by Gasteiger charge is -2.41. The molecule has 33 heavy (non-hydrogen) atoms. The molecule has 0 unspecified atom stereocenters. The smallest absolute Gasteiger partial charge is 0.237 e. The van der Waals surface area contributed by atoms with Crippen molar-refractivity contribution in [3.63, 3.8) is 0 Å². The second-order valence-corrected chi connectivity index (χ2v) is 8.87. The third-order valence-corrected chi connectivity index (χ3v) is 6.66. The molecule has 2 atom stereocenters. The molecule has 2 amide bonds. The Hall–Kier alpha value is -3.51. The SMILES string of the molecule is COc1ccc(Oc2ccc(C)cc2[C@H]2NC(=O)CC[C@]23C(=O)Nc2cc(Cl)ccc23)cc1. The predicted molar refractivity (Wildman–Crippen MR) is 126 cm³/mol. The van der Waals surface area contributed by atoms with Crippen LogP contribution in [-0.4, -0.2) is 18.9 Å². The van der Waals surface area contributed by atoms with Crippen LogP contribution in [0.4, 0.5) is 5.69 Å². The lowest BCUT2D eigenvalue weighted by Crippen LogP contribution is -2.52. The average Bonchev–Trinajstić information content (AvgIpc) is 3.08. The van der Waals surface area contributed by atoms with Crippen molar-refractivity contribution in [3.8, 4) is 17.2 Å². The number of hydrogen-bond donors (Lipinski definition) is 2. The van der Waals surface area contributed by atoms with Crippen molar-refractivity contribution in [1.82, 2.24) is 5.32 Å². The fourth-order valence-corrected chi connectivity index (χ4v) is 4.98. The Morgan fingerprint density at radius 3 is 2.52 bits per heavy atom. The van der Waals surface area contributed by atoms with Crippen molar-refractivity contribution in [2.75, 3.05) is 12.4 Å². The largest absolute Gasteiger partial charge is 0.497 e. The molecule has 1 saturated heterocycles. The first-order chi connectivity index (χ1) is 15.9.